The van der Waals surface area contributed by atoms with Gasteiger partial charge in [-0.2, -0.15) is 0 Å². The van der Waals surface area contributed by atoms with E-state index in [1.165, 1.54) is 10.9 Å². The van der Waals surface area contributed by atoms with Gasteiger partial charge in [-0.3, -0.25) is 9.78 Å². The number of H-pyrrole nitrogens is 1. The number of hydrogen-bond donors (Lipinski definition) is 2. The number of fused-ring (bicyclic) bond motifs is 1. The lowest BCUT2D eigenvalue weighted by atomic mass is 10.0. The van der Waals surface area contributed by atoms with Crippen molar-refractivity contribution in [1.29, 1.82) is 0 Å². The van der Waals surface area contributed by atoms with Gasteiger partial charge in [0.15, 0.2) is 0 Å². The second-order valence-electron chi connectivity index (χ2n) is 7.21. The summed E-state index contributed by atoms with van der Waals surface area (Å²) in [5, 5.41) is 4.10. The molecule has 0 aliphatic carbocycles. The highest BCUT2D eigenvalue weighted by Crippen LogP contribution is 2.31. The molecule has 2 aromatic heterocycles. The topological polar surface area (TPSA) is 76.2 Å². The fourth-order valence-corrected chi connectivity index (χ4v) is 3.73. The van der Waals surface area contributed by atoms with Gasteiger partial charge in [-0.05, 0) is 48.7 Å². The molecule has 0 spiro atoms. The molecular formula is C25H25N3O3. The molecule has 158 valence electrons. The number of ether oxygens (including phenoxy) is 2. The molecule has 1 amide bonds. The van der Waals surface area contributed by atoms with Crippen molar-refractivity contribution in [3.05, 3.63) is 72.4 Å². The van der Waals surface area contributed by atoms with E-state index in [4.69, 9.17) is 9.47 Å². The summed E-state index contributed by atoms with van der Waals surface area (Å²) < 4.78 is 10.6. The number of amides is 1. The molecule has 2 aromatic carbocycles. The van der Waals surface area contributed by atoms with Gasteiger partial charge >= 0.3 is 0 Å². The largest absolute Gasteiger partial charge is 0.497 e. The molecule has 0 aliphatic heterocycles. The van der Waals surface area contributed by atoms with Gasteiger partial charge in [-0.15, -0.1) is 0 Å². The number of carbonyl (C=O) groups is 1. The maximum atomic E-state index is 12.6. The number of nitrogens with zero attached hydrogens (tertiary/aromatic N) is 1. The first-order valence-electron chi connectivity index (χ1n) is 10.2. The summed E-state index contributed by atoms with van der Waals surface area (Å²) in [4.78, 5) is 20.6. The van der Waals surface area contributed by atoms with Crippen molar-refractivity contribution in [3.63, 3.8) is 0 Å². The third-order valence-corrected chi connectivity index (χ3v) is 5.25. The third-order valence-electron chi connectivity index (χ3n) is 5.25. The summed E-state index contributed by atoms with van der Waals surface area (Å²) >= 11 is 0. The number of pyridine rings is 1. The number of carbonyl (C=O) groups excluding carboxylic acids is 1. The molecule has 4 rings (SSSR count). The van der Waals surface area contributed by atoms with Gasteiger partial charge < -0.3 is 19.8 Å². The van der Waals surface area contributed by atoms with E-state index in [1.54, 1.807) is 38.6 Å². The molecule has 6 nitrogen and oxygen atoms in total. The molecule has 2 N–H and O–H groups in total. The van der Waals surface area contributed by atoms with E-state index in [1.807, 2.05) is 30.3 Å². The molecule has 0 bridgehead atoms. The van der Waals surface area contributed by atoms with Crippen LogP contribution in [0.2, 0.25) is 0 Å². The number of aryl methyl sites for hydroxylation is 1. The van der Waals surface area contributed by atoms with Gasteiger partial charge in [0.2, 0.25) is 5.91 Å². The minimum Gasteiger partial charge on any atom is -0.497 e. The Balaban J connectivity index is 1.47. The van der Waals surface area contributed by atoms with Gasteiger partial charge in [0, 0.05) is 29.6 Å². The van der Waals surface area contributed by atoms with Gasteiger partial charge in [0.25, 0.3) is 0 Å². The molecule has 0 saturated carbocycles. The fourth-order valence-electron chi connectivity index (χ4n) is 3.73. The van der Waals surface area contributed by atoms with Gasteiger partial charge in [0.05, 0.1) is 31.3 Å². The standard InChI is InChI=1S/C25H25N3O3/c1-30-17-13-14-21(23(16-17)31-2)27-24(29)12-7-9-19-18-8-3-4-10-20(18)28-25(19)22-11-5-6-15-26-22/h3-6,8,10-11,13-16,28H,7,9,12H2,1-2H3,(H,27,29). The van der Waals surface area contributed by atoms with Crippen molar-refractivity contribution in [1.82, 2.24) is 9.97 Å². The summed E-state index contributed by atoms with van der Waals surface area (Å²) in [5.41, 5.74) is 4.81. The van der Waals surface area contributed by atoms with Crippen molar-refractivity contribution >= 4 is 22.5 Å². The van der Waals surface area contributed by atoms with E-state index in [2.05, 4.69) is 27.4 Å². The summed E-state index contributed by atoms with van der Waals surface area (Å²) in [5.74, 6) is 1.20. The highest BCUT2D eigenvalue weighted by molar-refractivity contribution is 5.93. The van der Waals surface area contributed by atoms with Crippen LogP contribution < -0.4 is 14.8 Å². The molecule has 0 fully saturated rings. The van der Waals surface area contributed by atoms with Crippen LogP contribution in [0.1, 0.15) is 18.4 Å². The van der Waals surface area contributed by atoms with Gasteiger partial charge in [-0.25, -0.2) is 0 Å². The Morgan fingerprint density at radius 1 is 1.03 bits per heavy atom. The van der Waals surface area contributed by atoms with E-state index in [0.29, 0.717) is 30.0 Å². The highest BCUT2D eigenvalue weighted by atomic mass is 16.5. The number of methoxy groups -OCH3 is 2. The van der Waals surface area contributed by atoms with Gasteiger partial charge in [0.1, 0.15) is 11.5 Å². The molecule has 0 radical (unpaired) electrons. The normalized spacial score (nSPS) is 10.8. The fraction of sp³-hybridized carbons (Fsp3) is 0.200. The summed E-state index contributed by atoms with van der Waals surface area (Å²) in [6, 6.07) is 19.4. The van der Waals surface area contributed by atoms with Crippen LogP contribution in [0.15, 0.2) is 66.9 Å². The van der Waals surface area contributed by atoms with E-state index < -0.39 is 0 Å². The van der Waals surface area contributed by atoms with E-state index >= 15 is 0 Å². The first kappa shape index (κ1) is 20.5. The van der Waals surface area contributed by atoms with Crippen molar-refractivity contribution in [3.8, 4) is 22.9 Å². The second-order valence-corrected chi connectivity index (χ2v) is 7.21. The molecule has 4 aromatic rings. The molecule has 6 heteroatoms. The predicted molar refractivity (Wildman–Crippen MR) is 123 cm³/mol. The second kappa shape index (κ2) is 9.34. The molecule has 0 atom stereocenters. The molecule has 0 saturated heterocycles. The summed E-state index contributed by atoms with van der Waals surface area (Å²) in [7, 11) is 3.16. The lowest BCUT2D eigenvalue weighted by molar-refractivity contribution is -0.116. The predicted octanol–water partition coefficient (Wildman–Crippen LogP) is 5.21. The number of aromatic amines is 1. The number of benzene rings is 2. The van der Waals surface area contributed by atoms with E-state index in [-0.39, 0.29) is 5.91 Å². The Morgan fingerprint density at radius 2 is 1.87 bits per heavy atom. The average Bonchev–Trinajstić information content (AvgIpc) is 3.18. The number of rotatable bonds is 8. The molecule has 0 unspecified atom stereocenters. The maximum Gasteiger partial charge on any atom is 0.224 e. The number of nitrogens with one attached hydrogen (secondary N) is 2. The zero-order valence-electron chi connectivity index (χ0n) is 17.6. The van der Waals surface area contributed by atoms with E-state index in [0.717, 1.165) is 23.3 Å². The molecular weight excluding hydrogens is 390 g/mol. The van der Waals surface area contributed by atoms with Crippen LogP contribution in [0.25, 0.3) is 22.3 Å². The Bertz CT molecular complexity index is 1190. The van der Waals surface area contributed by atoms with Crippen LogP contribution in [0, 0.1) is 0 Å². The first-order valence-corrected chi connectivity index (χ1v) is 10.2. The van der Waals surface area contributed by atoms with Crippen LogP contribution in [0.5, 0.6) is 11.5 Å². The Morgan fingerprint density at radius 3 is 2.65 bits per heavy atom. The Kier molecular flexibility index (Phi) is 6.17. The van der Waals surface area contributed by atoms with Crippen LogP contribution in [-0.4, -0.2) is 30.1 Å². The number of hydrogen-bond acceptors (Lipinski definition) is 4. The zero-order chi connectivity index (χ0) is 21.6. The summed E-state index contributed by atoms with van der Waals surface area (Å²) in [6.07, 6.45) is 3.67. The van der Waals surface area contributed by atoms with Crippen LogP contribution in [-0.2, 0) is 11.2 Å². The maximum absolute atomic E-state index is 12.6. The van der Waals surface area contributed by atoms with Crippen LogP contribution in [0.3, 0.4) is 0 Å². The monoisotopic (exact) mass is 415 g/mol. The molecule has 0 aliphatic rings. The van der Waals surface area contributed by atoms with Gasteiger partial charge in [-0.1, -0.05) is 24.3 Å². The molecule has 2 heterocycles. The van der Waals surface area contributed by atoms with Crippen LogP contribution in [0.4, 0.5) is 5.69 Å². The van der Waals surface area contributed by atoms with Crippen molar-refractivity contribution in [2.75, 3.05) is 19.5 Å². The third kappa shape index (κ3) is 4.53. The van der Waals surface area contributed by atoms with Crippen LogP contribution >= 0.6 is 0 Å². The number of anilines is 1. The SMILES string of the molecule is COc1ccc(NC(=O)CCCc2c(-c3ccccn3)[nH]c3ccccc23)c(OC)c1. The Labute approximate surface area is 181 Å². The average molecular weight is 415 g/mol. The highest BCUT2D eigenvalue weighted by Gasteiger charge is 2.15. The number of aromatic nitrogens is 2. The van der Waals surface area contributed by atoms with Crippen molar-refractivity contribution in [2.45, 2.75) is 19.3 Å². The number of para-hydroxylation sites is 1. The lowest BCUT2D eigenvalue weighted by Gasteiger charge is -2.11. The van der Waals surface area contributed by atoms with E-state index in [9.17, 15) is 4.79 Å². The van der Waals surface area contributed by atoms with Crippen molar-refractivity contribution < 1.29 is 14.3 Å². The quantitative estimate of drug-likeness (QED) is 0.414. The minimum atomic E-state index is -0.0531. The van der Waals surface area contributed by atoms with Crippen molar-refractivity contribution in [2.24, 2.45) is 0 Å². The summed E-state index contributed by atoms with van der Waals surface area (Å²) in [6.45, 7) is 0. The Hall–Kier alpha value is -3.80. The molecule has 31 heavy (non-hydrogen) atoms. The minimum absolute atomic E-state index is 0.0531. The smallest absolute Gasteiger partial charge is 0.224 e. The zero-order valence-corrected chi connectivity index (χ0v) is 17.6. The first-order chi connectivity index (χ1) is 15.2. The lowest BCUT2D eigenvalue weighted by Crippen LogP contribution is -2.12.